The average molecular weight is 449 g/mol. The van der Waals surface area contributed by atoms with Crippen LogP contribution < -0.4 is 10.2 Å². The molecule has 1 aliphatic carbocycles. The molecule has 2 aromatic heterocycles. The molecule has 2 atom stereocenters. The van der Waals surface area contributed by atoms with Crippen LogP contribution in [0.1, 0.15) is 50.3 Å². The number of nitrogens with zero attached hydrogens (tertiary/aromatic N) is 2. The molecule has 3 heterocycles. The van der Waals surface area contributed by atoms with Crippen molar-refractivity contribution in [2.45, 2.75) is 57.7 Å². The molecular formula is C26H29FN4O2. The smallest absolute Gasteiger partial charge is 0.320 e. The van der Waals surface area contributed by atoms with E-state index in [1.165, 1.54) is 17.2 Å². The van der Waals surface area contributed by atoms with Gasteiger partial charge in [-0.3, -0.25) is 4.79 Å². The van der Waals surface area contributed by atoms with Crippen LogP contribution in [0.5, 0.6) is 0 Å². The molecule has 7 heteroatoms. The molecule has 0 radical (unpaired) electrons. The van der Waals surface area contributed by atoms with Gasteiger partial charge >= 0.3 is 5.97 Å². The number of aromatic amines is 1. The van der Waals surface area contributed by atoms with Crippen LogP contribution in [0.15, 0.2) is 36.5 Å². The number of carboxylic acid groups (broad SMARTS) is 1. The van der Waals surface area contributed by atoms with Gasteiger partial charge in [0.25, 0.3) is 0 Å². The number of carboxylic acids is 1. The molecule has 0 spiro atoms. The minimum absolute atomic E-state index is 0.161. The number of aliphatic carboxylic acids is 1. The molecule has 5 rings (SSSR count). The Hall–Kier alpha value is -3.19. The van der Waals surface area contributed by atoms with Crippen LogP contribution in [0.4, 0.5) is 10.1 Å². The number of rotatable bonds is 6. The lowest BCUT2D eigenvalue weighted by molar-refractivity contribution is -0.139. The number of pyridine rings is 1. The van der Waals surface area contributed by atoms with E-state index >= 15 is 0 Å². The quantitative estimate of drug-likeness (QED) is 0.489. The van der Waals surface area contributed by atoms with E-state index < -0.39 is 12.0 Å². The van der Waals surface area contributed by atoms with Crippen LogP contribution in [0.25, 0.3) is 27.7 Å². The van der Waals surface area contributed by atoms with Gasteiger partial charge in [-0.2, -0.15) is 0 Å². The van der Waals surface area contributed by atoms with Crippen LogP contribution in [-0.2, 0) is 11.3 Å². The van der Waals surface area contributed by atoms with E-state index in [1.807, 2.05) is 26.1 Å². The SMILES string of the molecule is CCC[C@H](NC1CC=C(c2[nH]c3nccc4c3c2CN(C)c2ccc(F)cc2-4)CC1)C(=O)O. The Labute approximate surface area is 192 Å². The first-order chi connectivity index (χ1) is 16.0. The lowest BCUT2D eigenvalue weighted by Crippen LogP contribution is -2.43. The predicted molar refractivity (Wildman–Crippen MR) is 129 cm³/mol. The van der Waals surface area contributed by atoms with Crippen molar-refractivity contribution in [2.75, 3.05) is 11.9 Å². The number of H-pyrrole nitrogens is 1. The summed E-state index contributed by atoms with van der Waals surface area (Å²) in [7, 11) is 2.04. The van der Waals surface area contributed by atoms with Gasteiger partial charge < -0.3 is 20.3 Å². The molecular weight excluding hydrogens is 419 g/mol. The highest BCUT2D eigenvalue weighted by molar-refractivity contribution is 6.02. The van der Waals surface area contributed by atoms with Gasteiger partial charge in [-0.15, -0.1) is 0 Å². The first-order valence-electron chi connectivity index (χ1n) is 11.6. The van der Waals surface area contributed by atoms with E-state index in [0.29, 0.717) is 13.0 Å². The lowest BCUT2D eigenvalue weighted by Gasteiger charge is -2.27. The van der Waals surface area contributed by atoms with Crippen molar-refractivity contribution in [1.82, 2.24) is 15.3 Å². The molecule has 1 aromatic carbocycles. The monoisotopic (exact) mass is 448 g/mol. The van der Waals surface area contributed by atoms with Crippen molar-refractivity contribution in [3.63, 3.8) is 0 Å². The fraction of sp³-hybridized carbons (Fsp3) is 0.385. The Balaban J connectivity index is 1.50. The topological polar surface area (TPSA) is 81.2 Å². The molecule has 1 unspecified atom stereocenters. The molecule has 0 fully saturated rings. The third kappa shape index (κ3) is 3.91. The zero-order chi connectivity index (χ0) is 23.1. The highest BCUT2D eigenvalue weighted by Crippen LogP contribution is 2.43. The molecule has 1 aliphatic heterocycles. The van der Waals surface area contributed by atoms with Gasteiger partial charge in [0.05, 0.1) is 0 Å². The van der Waals surface area contributed by atoms with Crippen molar-refractivity contribution in [3.05, 3.63) is 53.6 Å². The van der Waals surface area contributed by atoms with E-state index in [2.05, 4.69) is 26.3 Å². The highest BCUT2D eigenvalue weighted by Gasteiger charge is 2.28. The number of hydrogen-bond acceptors (Lipinski definition) is 4. The Bertz CT molecular complexity index is 1250. The maximum atomic E-state index is 14.1. The molecule has 33 heavy (non-hydrogen) atoms. The number of nitrogens with one attached hydrogen (secondary N) is 2. The minimum atomic E-state index is -0.777. The Kier molecular flexibility index (Phi) is 5.66. The fourth-order valence-corrected chi connectivity index (χ4v) is 5.28. The first-order valence-corrected chi connectivity index (χ1v) is 11.6. The van der Waals surface area contributed by atoms with Crippen molar-refractivity contribution in [3.8, 4) is 11.1 Å². The van der Waals surface area contributed by atoms with Crippen LogP contribution in [-0.4, -0.2) is 40.2 Å². The second-order valence-electron chi connectivity index (χ2n) is 9.13. The van der Waals surface area contributed by atoms with Gasteiger partial charge in [-0.05, 0) is 61.1 Å². The van der Waals surface area contributed by atoms with Gasteiger partial charge in [0, 0.05) is 53.7 Å². The lowest BCUT2D eigenvalue weighted by atomic mass is 9.90. The van der Waals surface area contributed by atoms with Crippen molar-refractivity contribution < 1.29 is 14.3 Å². The summed E-state index contributed by atoms with van der Waals surface area (Å²) in [4.78, 5) is 21.8. The first kappa shape index (κ1) is 21.6. The van der Waals surface area contributed by atoms with Gasteiger partial charge in [-0.1, -0.05) is 19.4 Å². The normalized spacial score (nSPS) is 18.6. The number of aromatic nitrogens is 2. The maximum Gasteiger partial charge on any atom is 0.320 e. The van der Waals surface area contributed by atoms with Crippen LogP contribution >= 0.6 is 0 Å². The zero-order valence-corrected chi connectivity index (χ0v) is 19.0. The molecule has 2 aliphatic rings. The Morgan fingerprint density at radius 2 is 2.21 bits per heavy atom. The molecule has 172 valence electrons. The van der Waals surface area contributed by atoms with E-state index in [0.717, 1.165) is 59.2 Å². The number of benzene rings is 1. The van der Waals surface area contributed by atoms with E-state index in [-0.39, 0.29) is 11.9 Å². The zero-order valence-electron chi connectivity index (χ0n) is 19.0. The van der Waals surface area contributed by atoms with E-state index in [4.69, 9.17) is 0 Å². The van der Waals surface area contributed by atoms with Gasteiger partial charge in [0.15, 0.2) is 0 Å². The maximum absolute atomic E-state index is 14.1. The summed E-state index contributed by atoms with van der Waals surface area (Å²) in [6, 6.07) is 6.60. The molecule has 6 nitrogen and oxygen atoms in total. The van der Waals surface area contributed by atoms with Gasteiger partial charge in [0.1, 0.15) is 17.5 Å². The van der Waals surface area contributed by atoms with Crippen LogP contribution in [0, 0.1) is 5.82 Å². The Morgan fingerprint density at radius 1 is 1.36 bits per heavy atom. The third-order valence-corrected chi connectivity index (χ3v) is 6.90. The van der Waals surface area contributed by atoms with Gasteiger partial charge in [-0.25, -0.2) is 9.37 Å². The average Bonchev–Trinajstić information content (AvgIpc) is 3.11. The molecule has 0 amide bonds. The van der Waals surface area contributed by atoms with Crippen LogP contribution in [0.3, 0.4) is 0 Å². The Morgan fingerprint density at radius 3 is 2.94 bits per heavy atom. The summed E-state index contributed by atoms with van der Waals surface area (Å²) in [5, 5.41) is 13.9. The third-order valence-electron chi connectivity index (χ3n) is 6.90. The second kappa shape index (κ2) is 8.63. The number of allylic oxidation sites excluding steroid dienone is 1. The summed E-state index contributed by atoms with van der Waals surface area (Å²) in [6.45, 7) is 2.70. The van der Waals surface area contributed by atoms with E-state index in [9.17, 15) is 14.3 Å². The second-order valence-corrected chi connectivity index (χ2v) is 9.13. The largest absolute Gasteiger partial charge is 0.480 e. The fourth-order valence-electron chi connectivity index (χ4n) is 5.28. The number of anilines is 1. The van der Waals surface area contributed by atoms with Gasteiger partial charge in [0.2, 0.25) is 0 Å². The molecule has 0 saturated heterocycles. The summed E-state index contributed by atoms with van der Waals surface area (Å²) < 4.78 is 14.1. The standard InChI is InChI=1S/C26H29FN4O2/c1-3-4-21(26(32)33)29-17-8-5-15(6-9-17)24-20-14-31(2)22-10-7-16(27)13-19(22)18-11-12-28-25(30-24)23(18)20/h5,7,10-13,17,21,29H,3-4,6,8-9,14H2,1-2H3,(H,28,30)(H,32,33)/t17?,21-/m0/s1. The van der Waals surface area contributed by atoms with E-state index in [1.54, 1.807) is 12.3 Å². The number of carbonyl (C=O) groups is 1. The number of fused-ring (bicyclic) bond motifs is 2. The van der Waals surface area contributed by atoms with Crippen LogP contribution in [0.2, 0.25) is 0 Å². The summed E-state index contributed by atoms with van der Waals surface area (Å²) in [5.74, 6) is -1.02. The minimum Gasteiger partial charge on any atom is -0.480 e. The summed E-state index contributed by atoms with van der Waals surface area (Å²) in [6.07, 6.45) is 8.01. The van der Waals surface area contributed by atoms with Crippen molar-refractivity contribution in [1.29, 1.82) is 0 Å². The molecule has 0 bridgehead atoms. The molecule has 3 N–H and O–H groups in total. The van der Waals surface area contributed by atoms with Crippen molar-refractivity contribution in [2.24, 2.45) is 0 Å². The highest BCUT2D eigenvalue weighted by atomic mass is 19.1. The summed E-state index contributed by atoms with van der Waals surface area (Å²) >= 11 is 0. The summed E-state index contributed by atoms with van der Waals surface area (Å²) in [5.41, 5.74) is 7.20. The number of hydrogen-bond donors (Lipinski definition) is 3. The molecule has 0 saturated carbocycles. The molecule has 3 aromatic rings. The predicted octanol–water partition coefficient (Wildman–Crippen LogP) is 5.10. The van der Waals surface area contributed by atoms with Crippen molar-refractivity contribution >= 4 is 28.3 Å². The number of halogens is 1.